The Kier molecular flexibility index (Phi) is 6.36. The summed E-state index contributed by atoms with van der Waals surface area (Å²) in [6.45, 7) is 10.6. The van der Waals surface area contributed by atoms with Crippen LogP contribution in [0.3, 0.4) is 0 Å². The summed E-state index contributed by atoms with van der Waals surface area (Å²) in [7, 11) is 0. The van der Waals surface area contributed by atoms with Crippen molar-refractivity contribution < 1.29 is 14.3 Å². The number of carbonyl (C=O) groups is 1. The van der Waals surface area contributed by atoms with Gasteiger partial charge in [0.2, 0.25) is 0 Å². The third-order valence-electron chi connectivity index (χ3n) is 4.71. The number of carbonyl (C=O) groups excluding carboxylic acids is 1. The monoisotopic (exact) mass is 404 g/mol. The standard InChI is InChI=1S/C22H29ClN2O3/c1-5-27-20-18-9-7-6-8-17(18)15(12-19(20)23)13-25-11-10-16(14-25)24-21(26)28-22(2,3)4/h6-9,12,16H,5,10-11,13-14H2,1-4H3,(H,24,26)/t16-/m1/s1. The number of benzene rings is 2. The number of rotatable bonds is 5. The van der Waals surface area contributed by atoms with Gasteiger partial charge < -0.3 is 14.8 Å². The first-order valence-corrected chi connectivity index (χ1v) is 10.2. The van der Waals surface area contributed by atoms with Gasteiger partial charge in [0.1, 0.15) is 11.4 Å². The van der Waals surface area contributed by atoms with Crippen molar-refractivity contribution in [2.45, 2.75) is 52.3 Å². The molecule has 0 saturated carbocycles. The average Bonchev–Trinajstić information content (AvgIpc) is 3.03. The zero-order valence-electron chi connectivity index (χ0n) is 17.0. The number of amides is 1. The predicted molar refractivity (Wildman–Crippen MR) is 113 cm³/mol. The minimum Gasteiger partial charge on any atom is -0.492 e. The van der Waals surface area contributed by atoms with E-state index >= 15 is 0 Å². The lowest BCUT2D eigenvalue weighted by molar-refractivity contribution is 0.0505. The molecule has 1 saturated heterocycles. The number of hydrogen-bond acceptors (Lipinski definition) is 4. The Morgan fingerprint density at radius 1 is 1.29 bits per heavy atom. The van der Waals surface area contributed by atoms with Gasteiger partial charge >= 0.3 is 6.09 Å². The van der Waals surface area contributed by atoms with E-state index in [9.17, 15) is 4.79 Å². The van der Waals surface area contributed by atoms with Crippen LogP contribution in [0.15, 0.2) is 30.3 Å². The van der Waals surface area contributed by atoms with Crippen LogP contribution in [0.1, 0.15) is 39.7 Å². The molecule has 3 rings (SSSR count). The van der Waals surface area contributed by atoms with E-state index in [1.807, 2.05) is 52.0 Å². The molecule has 5 nitrogen and oxygen atoms in total. The Bertz CT molecular complexity index is 848. The van der Waals surface area contributed by atoms with Crippen LogP contribution in [0, 0.1) is 0 Å². The van der Waals surface area contributed by atoms with Gasteiger partial charge in [-0.1, -0.05) is 35.9 Å². The second kappa shape index (κ2) is 8.58. The molecular weight excluding hydrogens is 376 g/mol. The maximum atomic E-state index is 12.0. The smallest absolute Gasteiger partial charge is 0.407 e. The van der Waals surface area contributed by atoms with Gasteiger partial charge in [-0.3, -0.25) is 4.90 Å². The molecule has 1 amide bonds. The molecule has 1 N–H and O–H groups in total. The minimum atomic E-state index is -0.486. The van der Waals surface area contributed by atoms with Gasteiger partial charge in [0.15, 0.2) is 0 Å². The van der Waals surface area contributed by atoms with Crippen molar-refractivity contribution in [1.29, 1.82) is 0 Å². The summed E-state index contributed by atoms with van der Waals surface area (Å²) in [6, 6.07) is 10.3. The average molecular weight is 405 g/mol. The van der Waals surface area contributed by atoms with E-state index in [-0.39, 0.29) is 12.1 Å². The number of likely N-dealkylation sites (tertiary alicyclic amines) is 1. The van der Waals surface area contributed by atoms with Crippen molar-refractivity contribution >= 4 is 28.5 Å². The zero-order valence-corrected chi connectivity index (χ0v) is 17.8. The lowest BCUT2D eigenvalue weighted by atomic mass is 10.0. The number of halogens is 1. The molecule has 0 aliphatic carbocycles. The summed E-state index contributed by atoms with van der Waals surface area (Å²) in [5.74, 6) is 0.745. The van der Waals surface area contributed by atoms with Crippen LogP contribution in [-0.4, -0.2) is 42.3 Å². The van der Waals surface area contributed by atoms with Crippen LogP contribution in [0.4, 0.5) is 4.79 Å². The van der Waals surface area contributed by atoms with Crippen LogP contribution in [0.2, 0.25) is 5.02 Å². The van der Waals surface area contributed by atoms with E-state index < -0.39 is 5.60 Å². The normalized spacial score (nSPS) is 17.7. The van der Waals surface area contributed by atoms with E-state index in [1.165, 1.54) is 5.56 Å². The first kappa shape index (κ1) is 20.7. The number of nitrogens with one attached hydrogen (secondary N) is 1. The van der Waals surface area contributed by atoms with E-state index in [2.05, 4.69) is 16.3 Å². The molecule has 2 aromatic rings. The number of fused-ring (bicyclic) bond motifs is 1. The second-order valence-corrected chi connectivity index (χ2v) is 8.60. The van der Waals surface area contributed by atoms with Crippen molar-refractivity contribution in [3.8, 4) is 5.75 Å². The Hall–Kier alpha value is -1.98. The fourth-order valence-corrected chi connectivity index (χ4v) is 3.91. The fourth-order valence-electron chi connectivity index (χ4n) is 3.62. The molecule has 0 aromatic heterocycles. The Labute approximate surface area is 171 Å². The molecule has 6 heteroatoms. The molecule has 1 fully saturated rings. The summed E-state index contributed by atoms with van der Waals surface area (Å²) in [6.07, 6.45) is 0.552. The minimum absolute atomic E-state index is 0.0966. The first-order chi connectivity index (χ1) is 13.3. The van der Waals surface area contributed by atoms with E-state index in [0.29, 0.717) is 11.6 Å². The summed E-state index contributed by atoms with van der Waals surface area (Å²) >= 11 is 6.51. The second-order valence-electron chi connectivity index (χ2n) is 8.19. The number of hydrogen-bond donors (Lipinski definition) is 1. The van der Waals surface area contributed by atoms with Crippen LogP contribution in [-0.2, 0) is 11.3 Å². The molecule has 0 spiro atoms. The van der Waals surface area contributed by atoms with Gasteiger partial charge in [-0.25, -0.2) is 4.79 Å². The molecule has 1 atom stereocenters. The molecule has 152 valence electrons. The maximum Gasteiger partial charge on any atom is 0.407 e. The number of alkyl carbamates (subject to hydrolysis) is 1. The molecule has 0 radical (unpaired) electrons. The lowest BCUT2D eigenvalue weighted by Gasteiger charge is -2.22. The zero-order chi connectivity index (χ0) is 20.3. The lowest BCUT2D eigenvalue weighted by Crippen LogP contribution is -2.40. The molecule has 28 heavy (non-hydrogen) atoms. The predicted octanol–water partition coefficient (Wildman–Crippen LogP) is 4.99. The van der Waals surface area contributed by atoms with Gasteiger partial charge in [0.25, 0.3) is 0 Å². The Balaban J connectivity index is 1.70. The van der Waals surface area contributed by atoms with Gasteiger partial charge in [-0.05, 0) is 51.1 Å². The molecular formula is C22H29ClN2O3. The molecule has 1 aliphatic rings. The Morgan fingerprint density at radius 3 is 2.68 bits per heavy atom. The highest BCUT2D eigenvalue weighted by Gasteiger charge is 2.26. The highest BCUT2D eigenvalue weighted by Crippen LogP contribution is 2.36. The first-order valence-electron chi connectivity index (χ1n) is 9.81. The SMILES string of the molecule is CCOc1c(Cl)cc(CN2CC[C@@H](NC(=O)OC(C)(C)C)C2)c2ccccc12. The highest BCUT2D eigenvalue weighted by molar-refractivity contribution is 6.33. The van der Waals surface area contributed by atoms with E-state index in [4.69, 9.17) is 21.1 Å². The van der Waals surface area contributed by atoms with Crippen LogP contribution >= 0.6 is 11.6 Å². The summed E-state index contributed by atoms with van der Waals surface area (Å²) in [5.41, 5.74) is 0.683. The van der Waals surface area contributed by atoms with Crippen LogP contribution in [0.5, 0.6) is 5.75 Å². The largest absolute Gasteiger partial charge is 0.492 e. The maximum absolute atomic E-state index is 12.0. The van der Waals surface area contributed by atoms with Crippen molar-refractivity contribution in [3.05, 3.63) is 40.9 Å². The topological polar surface area (TPSA) is 50.8 Å². The van der Waals surface area contributed by atoms with Crippen LogP contribution < -0.4 is 10.1 Å². The third-order valence-corrected chi connectivity index (χ3v) is 4.99. The third kappa shape index (κ3) is 5.09. The van der Waals surface area contributed by atoms with E-state index in [1.54, 1.807) is 0 Å². The molecule has 0 unspecified atom stereocenters. The van der Waals surface area contributed by atoms with Crippen molar-refractivity contribution in [3.63, 3.8) is 0 Å². The number of nitrogens with zero attached hydrogens (tertiary/aromatic N) is 1. The molecule has 1 heterocycles. The highest BCUT2D eigenvalue weighted by atomic mass is 35.5. The van der Waals surface area contributed by atoms with Crippen molar-refractivity contribution in [2.24, 2.45) is 0 Å². The molecule has 2 aromatic carbocycles. The van der Waals surface area contributed by atoms with Crippen LogP contribution in [0.25, 0.3) is 10.8 Å². The summed E-state index contributed by atoms with van der Waals surface area (Å²) in [5, 5.41) is 5.80. The number of ether oxygens (including phenoxy) is 2. The van der Waals surface area contributed by atoms with Crippen molar-refractivity contribution in [1.82, 2.24) is 10.2 Å². The molecule has 1 aliphatic heterocycles. The van der Waals surface area contributed by atoms with Gasteiger partial charge in [-0.2, -0.15) is 0 Å². The van der Waals surface area contributed by atoms with E-state index in [0.717, 1.165) is 42.6 Å². The fraction of sp³-hybridized carbons (Fsp3) is 0.500. The van der Waals surface area contributed by atoms with Gasteiger partial charge in [0.05, 0.1) is 11.6 Å². The van der Waals surface area contributed by atoms with Crippen molar-refractivity contribution in [2.75, 3.05) is 19.7 Å². The van der Waals surface area contributed by atoms with Gasteiger partial charge in [0, 0.05) is 31.1 Å². The summed E-state index contributed by atoms with van der Waals surface area (Å²) < 4.78 is 11.1. The molecule has 0 bridgehead atoms. The quantitative estimate of drug-likeness (QED) is 0.762. The van der Waals surface area contributed by atoms with Gasteiger partial charge in [-0.15, -0.1) is 0 Å². The Morgan fingerprint density at radius 2 is 2.00 bits per heavy atom. The summed E-state index contributed by atoms with van der Waals surface area (Å²) in [4.78, 5) is 14.3.